The molecule has 0 saturated carbocycles. The lowest BCUT2D eigenvalue weighted by Gasteiger charge is -2.27. The van der Waals surface area contributed by atoms with Crippen molar-refractivity contribution in [3.8, 4) is 0 Å². The second kappa shape index (κ2) is 33.5. The van der Waals surface area contributed by atoms with Gasteiger partial charge >= 0.3 is 11.9 Å². The fraction of sp³-hybridized carbons (Fsp3) is 0.629. The number of carbonyl (C=O) groups is 11. The van der Waals surface area contributed by atoms with Crippen LogP contribution in [0, 0.1) is 10.8 Å². The Hall–Kier alpha value is -5.97. The number of thiol groups is 4. The summed E-state index contributed by atoms with van der Waals surface area (Å²) in [6.07, 6.45) is -2.00. The van der Waals surface area contributed by atoms with Crippen molar-refractivity contribution in [2.45, 2.75) is 92.9 Å². The van der Waals surface area contributed by atoms with Crippen molar-refractivity contribution in [1.82, 2.24) is 53.2 Å². The minimum atomic E-state index is -1.93. The Morgan fingerprint density at radius 1 is 0.449 bits per heavy atom. The Labute approximate surface area is 416 Å². The lowest BCUT2D eigenvalue weighted by molar-refractivity contribution is -0.144. The van der Waals surface area contributed by atoms with Gasteiger partial charge in [0.1, 0.15) is 48.3 Å². The van der Waals surface area contributed by atoms with Crippen molar-refractivity contribution in [3.63, 3.8) is 0 Å². The highest BCUT2D eigenvalue weighted by Crippen LogP contribution is 2.07. The average Bonchev–Trinajstić information content (AvgIpc) is 3.27. The predicted octanol–water partition coefficient (Wildman–Crippen LogP) is -9.14. The molecule has 0 aromatic heterocycles. The SMILES string of the molecule is N=C(N)NCCC[C@H](NC(=O)[C@H](CCCNC(=N)N)NC(=O)[C@H](CS)NC(=O)[C@H](CS)NC(=O)[C@H](CS)NC(=O)[C@H](CS)NC(=O)[C@@H](N)CC(N)=O)C(=O)N[C@@H](CC(=O)O)C(=O)N[C@@H](CO)C(=O)O. The van der Waals surface area contributed by atoms with Crippen LogP contribution in [-0.2, 0) is 52.7 Å². The smallest absolute Gasteiger partial charge is 0.328 e. The molecule has 9 atom stereocenters. The van der Waals surface area contributed by atoms with E-state index in [4.69, 9.17) is 33.8 Å². The predicted molar refractivity (Wildman–Crippen MR) is 258 cm³/mol. The largest absolute Gasteiger partial charge is 0.481 e. The van der Waals surface area contributed by atoms with E-state index >= 15 is 0 Å². The van der Waals surface area contributed by atoms with E-state index in [1.54, 1.807) is 0 Å². The van der Waals surface area contributed by atoms with Crippen LogP contribution in [0.5, 0.6) is 0 Å². The maximum atomic E-state index is 13.9. The van der Waals surface area contributed by atoms with Crippen LogP contribution < -0.4 is 76.1 Å². The summed E-state index contributed by atoms with van der Waals surface area (Å²) in [6.45, 7) is -1.10. The average molecular weight is 1060 g/mol. The molecule has 0 radical (unpaired) electrons. The number of hydrogen-bond donors (Lipinski definition) is 23. The lowest BCUT2D eigenvalue weighted by Crippen LogP contribution is -2.61. The summed E-state index contributed by atoms with van der Waals surface area (Å²) in [5.74, 6) is -14.7. The molecule has 9 amide bonds. The molecule has 23 N–H and O–H groups in total. The molecule has 0 aliphatic heterocycles. The summed E-state index contributed by atoms with van der Waals surface area (Å²) in [5.41, 5.74) is 21.3. The Bertz CT molecular complexity index is 1860. The van der Waals surface area contributed by atoms with E-state index in [1.807, 2.05) is 5.32 Å². The summed E-state index contributed by atoms with van der Waals surface area (Å²) in [5, 5.41) is 66.0. The van der Waals surface area contributed by atoms with Crippen LogP contribution in [0.3, 0.4) is 0 Å². The van der Waals surface area contributed by atoms with Crippen LogP contribution in [0.25, 0.3) is 0 Å². The van der Waals surface area contributed by atoms with Crippen LogP contribution in [0.1, 0.15) is 38.5 Å². The Balaban J connectivity index is 6.37. The van der Waals surface area contributed by atoms with Gasteiger partial charge in [-0.1, -0.05) is 0 Å². The van der Waals surface area contributed by atoms with Crippen LogP contribution in [-0.4, -0.2) is 189 Å². The molecule has 0 fully saturated rings. The summed E-state index contributed by atoms with van der Waals surface area (Å²) in [6, 6.07) is -14.1. The highest BCUT2D eigenvalue weighted by atomic mass is 32.1. The number of nitrogens with one attached hydrogen (secondary N) is 12. The fourth-order valence-electron chi connectivity index (χ4n) is 5.44. The maximum absolute atomic E-state index is 13.9. The third-order valence-corrected chi connectivity index (χ3v) is 10.5. The Morgan fingerprint density at radius 3 is 1.03 bits per heavy atom. The highest BCUT2D eigenvalue weighted by Gasteiger charge is 2.35. The number of amides is 9. The summed E-state index contributed by atoms with van der Waals surface area (Å²) >= 11 is 16.4. The number of primary amides is 1. The molecule has 30 nitrogen and oxygen atoms in total. The fourth-order valence-corrected chi connectivity index (χ4v) is 6.46. The van der Waals surface area contributed by atoms with E-state index < -0.39 is 157 Å². The number of nitrogens with two attached hydrogens (primary N) is 4. The number of rotatable bonds is 34. The molecule has 390 valence electrons. The molecular weight excluding hydrogens is 997 g/mol. The number of guanidine groups is 2. The van der Waals surface area contributed by atoms with Gasteiger partial charge in [-0.15, -0.1) is 0 Å². The second-order valence-corrected chi connectivity index (χ2v) is 16.0. The van der Waals surface area contributed by atoms with Gasteiger partial charge in [0.05, 0.1) is 25.5 Å². The van der Waals surface area contributed by atoms with E-state index in [1.165, 1.54) is 0 Å². The number of aliphatic hydroxyl groups excluding tert-OH is 1. The lowest BCUT2D eigenvalue weighted by atomic mass is 10.1. The van der Waals surface area contributed by atoms with E-state index in [2.05, 4.69) is 98.4 Å². The van der Waals surface area contributed by atoms with Gasteiger partial charge in [-0.2, -0.15) is 50.5 Å². The van der Waals surface area contributed by atoms with Crippen molar-refractivity contribution in [1.29, 1.82) is 10.8 Å². The molecule has 0 saturated heterocycles. The second-order valence-electron chi connectivity index (χ2n) is 14.6. The van der Waals surface area contributed by atoms with Crippen LogP contribution in [0.2, 0.25) is 0 Å². The van der Waals surface area contributed by atoms with E-state index in [-0.39, 0.29) is 56.0 Å². The molecule has 0 heterocycles. The first-order valence-electron chi connectivity index (χ1n) is 20.5. The Morgan fingerprint density at radius 2 is 0.739 bits per heavy atom. The van der Waals surface area contributed by atoms with E-state index in [0.717, 1.165) is 0 Å². The van der Waals surface area contributed by atoms with Crippen molar-refractivity contribution in [3.05, 3.63) is 0 Å². The third kappa shape index (κ3) is 25.3. The topological polar surface area (TPSA) is 521 Å². The van der Waals surface area contributed by atoms with Crippen molar-refractivity contribution in [2.24, 2.45) is 22.9 Å². The zero-order valence-electron chi connectivity index (χ0n) is 36.8. The molecule has 0 aliphatic carbocycles. The number of carbonyl (C=O) groups excluding carboxylic acids is 9. The first kappa shape index (κ1) is 63.0. The molecule has 0 bridgehead atoms. The first-order valence-corrected chi connectivity index (χ1v) is 23.0. The number of hydrogen-bond acceptors (Lipinski definition) is 19. The van der Waals surface area contributed by atoms with Gasteiger partial charge < -0.3 is 91.4 Å². The minimum absolute atomic E-state index is 0.00557. The van der Waals surface area contributed by atoms with Gasteiger partial charge in [-0.25, -0.2) is 4.79 Å². The number of aliphatic carboxylic acids is 2. The van der Waals surface area contributed by atoms with Crippen LogP contribution in [0.15, 0.2) is 0 Å². The monoisotopic (exact) mass is 1060 g/mol. The Kier molecular flexibility index (Phi) is 30.6. The molecule has 34 heteroatoms. The normalized spacial score (nSPS) is 14.6. The molecular formula is C35H62N16O14S4. The quantitative estimate of drug-likeness (QED) is 0.0123. The molecule has 0 unspecified atom stereocenters. The summed E-state index contributed by atoms with van der Waals surface area (Å²) < 4.78 is 0. The van der Waals surface area contributed by atoms with Crippen LogP contribution in [0.4, 0.5) is 0 Å². The number of carboxylic acids is 2. The molecule has 0 spiro atoms. The molecule has 0 aliphatic rings. The summed E-state index contributed by atoms with van der Waals surface area (Å²) in [7, 11) is 0. The minimum Gasteiger partial charge on any atom is -0.481 e. The molecule has 0 aromatic carbocycles. The van der Waals surface area contributed by atoms with Crippen LogP contribution >= 0.6 is 50.5 Å². The third-order valence-electron chi connectivity index (χ3n) is 9.06. The standard InChI is InChI=1S/C35H62N16O14S4/c36-14(7-23(37)53)25(56)48-19(10-66)30(61)50-21(12-68)32(63)51-22(13-69)31(62)49-20(11-67)29(60)45-15(3-1-5-42-34(38)39)26(57)44-16(4-2-6-43-35(40)41)27(58)46-17(8-24(54)55)28(59)47-18(9-52)33(64)65/h14-22,52,66-69H,1-13,36H2,(H2,37,53)(H,44,57)(H,45,60)(H,46,58)(H,47,59)(H,48,56)(H,49,62)(H,50,61)(H,51,63)(H,54,55)(H,64,65)(H4,38,39,42)(H4,40,41,43)/t14-,15-,16-,17-,18-,19-,20-,21-,22-/m0/s1. The van der Waals surface area contributed by atoms with Crippen molar-refractivity contribution < 1.29 is 68.1 Å². The molecule has 0 aromatic rings. The van der Waals surface area contributed by atoms with Gasteiger partial charge in [-0.05, 0) is 25.7 Å². The van der Waals surface area contributed by atoms with Crippen molar-refractivity contribution >= 4 is 128 Å². The van der Waals surface area contributed by atoms with Gasteiger partial charge in [0.2, 0.25) is 53.2 Å². The summed E-state index contributed by atoms with van der Waals surface area (Å²) in [4.78, 5) is 140. The van der Waals surface area contributed by atoms with Gasteiger partial charge in [0.15, 0.2) is 11.9 Å². The molecule has 69 heavy (non-hydrogen) atoms. The zero-order chi connectivity index (χ0) is 53.0. The van der Waals surface area contributed by atoms with E-state index in [9.17, 15) is 68.1 Å². The highest BCUT2D eigenvalue weighted by molar-refractivity contribution is 7.80. The van der Waals surface area contributed by atoms with Gasteiger partial charge in [-0.3, -0.25) is 58.8 Å². The van der Waals surface area contributed by atoms with E-state index in [0.29, 0.717) is 0 Å². The number of carboxylic acid groups (broad SMARTS) is 2. The first-order chi connectivity index (χ1) is 32.3. The van der Waals surface area contributed by atoms with Crippen molar-refractivity contribution in [2.75, 3.05) is 42.7 Å². The molecule has 0 rings (SSSR count). The van der Waals surface area contributed by atoms with Gasteiger partial charge in [0, 0.05) is 36.1 Å². The van der Waals surface area contributed by atoms with Gasteiger partial charge in [0.25, 0.3) is 0 Å². The maximum Gasteiger partial charge on any atom is 0.328 e. The zero-order valence-corrected chi connectivity index (χ0v) is 40.4. The number of aliphatic hydroxyl groups is 1.